The second-order valence-corrected chi connectivity index (χ2v) is 11.1. The Kier molecular flexibility index (Phi) is 9.11. The Morgan fingerprint density at radius 3 is 2.57 bits per heavy atom. The molecule has 0 saturated carbocycles. The predicted molar refractivity (Wildman–Crippen MR) is 148 cm³/mol. The number of hydrogen-bond acceptors (Lipinski definition) is 5. The average Bonchev–Trinajstić information content (AvgIpc) is 2.88. The molecule has 8 heteroatoms. The summed E-state index contributed by atoms with van der Waals surface area (Å²) in [6.45, 7) is 9.89. The topological polar surface area (TPSA) is 73.9 Å². The summed E-state index contributed by atoms with van der Waals surface area (Å²) >= 11 is 6.06. The lowest BCUT2D eigenvalue weighted by molar-refractivity contribution is -0.120. The van der Waals surface area contributed by atoms with E-state index in [0.29, 0.717) is 30.1 Å². The van der Waals surface area contributed by atoms with Crippen LogP contribution in [-0.2, 0) is 11.3 Å². The summed E-state index contributed by atoms with van der Waals surface area (Å²) in [5, 5.41) is 7.12. The van der Waals surface area contributed by atoms with Crippen molar-refractivity contribution in [3.8, 4) is 5.75 Å². The quantitative estimate of drug-likeness (QED) is 0.549. The third-order valence-corrected chi connectivity index (χ3v) is 7.60. The van der Waals surface area contributed by atoms with Gasteiger partial charge in [-0.25, -0.2) is 0 Å². The Labute approximate surface area is 225 Å². The number of nitrogens with zero attached hydrogens (tertiary/aromatic N) is 2. The zero-order valence-corrected chi connectivity index (χ0v) is 23.1. The molecule has 1 saturated heterocycles. The van der Waals surface area contributed by atoms with Crippen molar-refractivity contribution in [1.29, 1.82) is 0 Å². The number of carbonyl (C=O) groups excluding carboxylic acids is 2. The van der Waals surface area contributed by atoms with E-state index in [2.05, 4.69) is 29.5 Å². The minimum Gasteiger partial charge on any atom is -0.486 e. The number of fused-ring (bicyclic) bond motifs is 1. The van der Waals surface area contributed by atoms with Crippen molar-refractivity contribution < 1.29 is 14.3 Å². The van der Waals surface area contributed by atoms with Crippen molar-refractivity contribution in [3.05, 3.63) is 58.6 Å². The second kappa shape index (κ2) is 12.3. The lowest BCUT2D eigenvalue weighted by Crippen LogP contribution is -2.48. The van der Waals surface area contributed by atoms with Gasteiger partial charge in [0.2, 0.25) is 5.91 Å². The zero-order valence-electron chi connectivity index (χ0n) is 22.3. The summed E-state index contributed by atoms with van der Waals surface area (Å²) in [6.07, 6.45) is 1.43. The molecule has 1 fully saturated rings. The van der Waals surface area contributed by atoms with Gasteiger partial charge in [0.1, 0.15) is 6.10 Å². The zero-order chi connectivity index (χ0) is 26.5. The first kappa shape index (κ1) is 27.4. The van der Waals surface area contributed by atoms with Crippen LogP contribution in [0.5, 0.6) is 5.75 Å². The highest BCUT2D eigenvalue weighted by Gasteiger charge is 2.34. The van der Waals surface area contributed by atoms with Gasteiger partial charge in [-0.05, 0) is 76.7 Å². The van der Waals surface area contributed by atoms with Gasteiger partial charge in [0, 0.05) is 42.5 Å². The number of rotatable bonds is 7. The van der Waals surface area contributed by atoms with Gasteiger partial charge in [-0.2, -0.15) is 0 Å². The highest BCUT2D eigenvalue weighted by Crippen LogP contribution is 2.35. The lowest BCUT2D eigenvalue weighted by atomic mass is 9.96. The van der Waals surface area contributed by atoms with E-state index in [1.54, 1.807) is 6.07 Å². The summed E-state index contributed by atoms with van der Waals surface area (Å²) in [5.41, 5.74) is 2.23. The van der Waals surface area contributed by atoms with E-state index in [-0.39, 0.29) is 35.8 Å². The number of benzene rings is 2. The molecule has 0 unspecified atom stereocenters. The van der Waals surface area contributed by atoms with Gasteiger partial charge in [0.05, 0.1) is 11.3 Å². The van der Waals surface area contributed by atoms with Crippen LogP contribution in [0.25, 0.3) is 0 Å². The van der Waals surface area contributed by atoms with Crippen LogP contribution in [0, 0.1) is 11.8 Å². The molecular formula is C29H39ClN4O3. The monoisotopic (exact) mass is 526 g/mol. The van der Waals surface area contributed by atoms with E-state index >= 15 is 0 Å². The molecule has 2 atom stereocenters. The summed E-state index contributed by atoms with van der Waals surface area (Å²) in [5.74, 6) is 0.423. The predicted octanol–water partition coefficient (Wildman–Crippen LogP) is 4.66. The summed E-state index contributed by atoms with van der Waals surface area (Å²) in [7, 11) is 2.07. The number of anilines is 1. The van der Waals surface area contributed by atoms with Crippen molar-refractivity contribution in [2.75, 3.05) is 38.5 Å². The molecule has 2 aromatic carbocycles. The average molecular weight is 527 g/mol. The van der Waals surface area contributed by atoms with E-state index < -0.39 is 0 Å². The smallest absolute Gasteiger partial charge is 0.257 e. The van der Waals surface area contributed by atoms with Crippen molar-refractivity contribution >= 4 is 29.1 Å². The molecule has 0 aliphatic carbocycles. The van der Waals surface area contributed by atoms with Crippen LogP contribution in [0.15, 0.2) is 42.5 Å². The fourth-order valence-electron chi connectivity index (χ4n) is 5.12. The van der Waals surface area contributed by atoms with Crippen LogP contribution in [-0.4, -0.2) is 67.0 Å². The summed E-state index contributed by atoms with van der Waals surface area (Å²) in [6, 6.07) is 13.4. The summed E-state index contributed by atoms with van der Waals surface area (Å²) < 4.78 is 6.66. The van der Waals surface area contributed by atoms with Gasteiger partial charge in [-0.1, -0.05) is 36.7 Å². The number of piperidine rings is 1. The maximum atomic E-state index is 13.6. The number of para-hydroxylation sites is 1. The normalized spacial score (nSPS) is 20.8. The molecule has 0 spiro atoms. The Morgan fingerprint density at radius 1 is 1.19 bits per heavy atom. The van der Waals surface area contributed by atoms with E-state index in [9.17, 15) is 9.59 Å². The van der Waals surface area contributed by atoms with Gasteiger partial charge in [-0.3, -0.25) is 14.5 Å². The third kappa shape index (κ3) is 6.83. The molecule has 37 heavy (non-hydrogen) atoms. The summed E-state index contributed by atoms with van der Waals surface area (Å²) in [4.78, 5) is 30.9. The molecule has 2 aliphatic rings. The SMILES string of the molecule is CC(C)N1C[C@H](C)[C@@H](CN(C)Cc2ccc(Cl)cc2)Oc2c(NC(=O)C3CCNCC3)cccc2C1=O. The number of nitrogens with one attached hydrogen (secondary N) is 2. The van der Waals surface area contributed by atoms with Crippen LogP contribution >= 0.6 is 11.6 Å². The molecule has 200 valence electrons. The van der Waals surface area contributed by atoms with Crippen molar-refractivity contribution in [2.45, 2.75) is 52.3 Å². The van der Waals surface area contributed by atoms with E-state index in [1.807, 2.05) is 55.1 Å². The molecule has 7 nitrogen and oxygen atoms in total. The highest BCUT2D eigenvalue weighted by molar-refractivity contribution is 6.30. The first-order valence-electron chi connectivity index (χ1n) is 13.3. The highest BCUT2D eigenvalue weighted by atomic mass is 35.5. The fraction of sp³-hybridized carbons (Fsp3) is 0.517. The molecule has 0 aromatic heterocycles. The number of ether oxygens (including phenoxy) is 1. The fourth-order valence-corrected chi connectivity index (χ4v) is 5.24. The van der Waals surface area contributed by atoms with Crippen molar-refractivity contribution in [2.24, 2.45) is 11.8 Å². The maximum Gasteiger partial charge on any atom is 0.257 e. The Morgan fingerprint density at radius 2 is 1.89 bits per heavy atom. The first-order valence-corrected chi connectivity index (χ1v) is 13.7. The molecular weight excluding hydrogens is 488 g/mol. The van der Waals surface area contributed by atoms with Crippen LogP contribution in [0.2, 0.25) is 5.02 Å². The van der Waals surface area contributed by atoms with Crippen molar-refractivity contribution in [3.63, 3.8) is 0 Å². The van der Waals surface area contributed by atoms with Crippen molar-refractivity contribution in [1.82, 2.24) is 15.1 Å². The molecule has 2 N–H and O–H groups in total. The Bertz CT molecular complexity index is 1090. The molecule has 4 rings (SSSR count). The standard InChI is InChI=1S/C29H39ClN4O3/c1-19(2)34-16-20(3)26(18-33(4)17-21-8-10-23(30)11-9-21)37-27-24(29(34)36)6-5-7-25(27)32-28(35)22-12-14-31-15-13-22/h5-11,19-20,22,26,31H,12-18H2,1-4H3,(H,32,35)/t20-,26+/m0/s1. The number of hydrogen-bond donors (Lipinski definition) is 2. The maximum absolute atomic E-state index is 13.6. The van der Waals surface area contributed by atoms with Crippen LogP contribution in [0.4, 0.5) is 5.69 Å². The Balaban J connectivity index is 1.61. The first-order chi connectivity index (χ1) is 17.7. The van der Waals surface area contributed by atoms with E-state index in [1.165, 1.54) is 5.56 Å². The van der Waals surface area contributed by atoms with Crippen LogP contribution in [0.1, 0.15) is 49.5 Å². The molecule has 0 bridgehead atoms. The molecule has 2 heterocycles. The van der Waals surface area contributed by atoms with Gasteiger partial charge in [0.15, 0.2) is 5.75 Å². The largest absolute Gasteiger partial charge is 0.486 e. The van der Waals surface area contributed by atoms with Crippen LogP contribution in [0.3, 0.4) is 0 Å². The van der Waals surface area contributed by atoms with E-state index in [0.717, 1.165) is 37.5 Å². The molecule has 2 aliphatic heterocycles. The Hall–Kier alpha value is -2.61. The second-order valence-electron chi connectivity index (χ2n) is 10.7. The van der Waals surface area contributed by atoms with Gasteiger partial charge in [-0.15, -0.1) is 0 Å². The number of amides is 2. The van der Waals surface area contributed by atoms with Gasteiger partial charge < -0.3 is 20.3 Å². The number of halogens is 1. The minimum absolute atomic E-state index is 0.0156. The molecule has 2 amide bonds. The van der Waals surface area contributed by atoms with Gasteiger partial charge in [0.25, 0.3) is 5.91 Å². The number of carbonyl (C=O) groups is 2. The third-order valence-electron chi connectivity index (χ3n) is 7.34. The number of likely N-dealkylation sites (N-methyl/N-ethyl adjacent to an activating group) is 1. The van der Waals surface area contributed by atoms with Gasteiger partial charge >= 0.3 is 0 Å². The van der Waals surface area contributed by atoms with Crippen LogP contribution < -0.4 is 15.4 Å². The molecule has 0 radical (unpaired) electrons. The minimum atomic E-state index is -0.178. The lowest BCUT2D eigenvalue weighted by Gasteiger charge is -2.38. The molecule has 2 aromatic rings. The van der Waals surface area contributed by atoms with E-state index in [4.69, 9.17) is 16.3 Å².